The summed E-state index contributed by atoms with van der Waals surface area (Å²) in [5, 5.41) is 10.8. The Morgan fingerprint density at radius 2 is 1.68 bits per heavy atom. The maximum absolute atomic E-state index is 14.8. The predicted octanol–water partition coefficient (Wildman–Crippen LogP) is 3.55. The molecule has 0 bridgehead atoms. The van der Waals surface area contributed by atoms with Crippen LogP contribution in [0.3, 0.4) is 0 Å². The fourth-order valence-corrected chi connectivity index (χ4v) is 9.28. The predicted molar refractivity (Wildman–Crippen MR) is 223 cm³/mol. The van der Waals surface area contributed by atoms with Gasteiger partial charge in [-0.3, -0.25) is 19.2 Å². The van der Waals surface area contributed by atoms with Gasteiger partial charge in [0, 0.05) is 32.5 Å². The molecule has 1 aromatic rings. The molecule has 6 amide bonds. The Morgan fingerprint density at radius 1 is 1.02 bits per heavy atom. The Labute approximate surface area is 349 Å². The van der Waals surface area contributed by atoms with Gasteiger partial charge in [0.05, 0.1) is 28.6 Å². The van der Waals surface area contributed by atoms with Crippen molar-refractivity contribution < 1.29 is 41.9 Å². The first-order valence-corrected chi connectivity index (χ1v) is 22.1. The molecule has 2 aliphatic heterocycles. The van der Waals surface area contributed by atoms with Crippen LogP contribution < -0.4 is 21.3 Å². The highest BCUT2D eigenvalue weighted by atomic mass is 32.2. The maximum Gasteiger partial charge on any atom is 0.410 e. The third-order valence-corrected chi connectivity index (χ3v) is 14.1. The molecule has 1 aromatic carbocycles. The molecule has 2 fully saturated rings. The number of Topliss-reactive ketones (excluding diaryl/α,β-unsaturated/α-hetero) is 1. The largest absolute Gasteiger partial charge is 0.444 e. The van der Waals surface area contributed by atoms with Crippen LogP contribution in [0.5, 0.6) is 0 Å². The van der Waals surface area contributed by atoms with Crippen molar-refractivity contribution in [2.75, 3.05) is 25.4 Å². The molecule has 16 heteroatoms. The van der Waals surface area contributed by atoms with Crippen molar-refractivity contribution in [2.45, 2.75) is 140 Å². The first-order valence-electron chi connectivity index (χ1n) is 20.4. The second kappa shape index (κ2) is 19.4. The lowest BCUT2D eigenvalue weighted by Crippen LogP contribution is -2.63. The minimum Gasteiger partial charge on any atom is -0.444 e. The topological polar surface area (TPSA) is 200 Å². The van der Waals surface area contributed by atoms with Gasteiger partial charge in [-0.25, -0.2) is 18.0 Å². The molecular formula is C43H62N6O9S. The molecule has 324 valence electrons. The molecule has 0 aromatic heterocycles. The van der Waals surface area contributed by atoms with E-state index in [-0.39, 0.29) is 38.1 Å². The fourth-order valence-electron chi connectivity index (χ4n) is 7.75. The summed E-state index contributed by atoms with van der Waals surface area (Å²) in [6, 6.07) is 3.20. The number of rotatable bonds is 14. The number of hydrogen-bond donors (Lipinski definition) is 4. The Bertz CT molecular complexity index is 1910. The quantitative estimate of drug-likeness (QED) is 0.123. The van der Waals surface area contributed by atoms with Crippen LogP contribution >= 0.6 is 0 Å². The van der Waals surface area contributed by atoms with Crippen LogP contribution in [-0.4, -0.2) is 114 Å². The van der Waals surface area contributed by atoms with Crippen LogP contribution in [0, 0.1) is 17.8 Å². The standard InChI is InChI=1S/C43H62N6O9S/c1-9-11-19-32(34(50)37(52)44-23-10-2)45-36(51)33-25-31(58-40(55)48-24-20-29-17-13-14-18-30(29)26-48)27-49(33)38(53)35(41(3,4)5)46-39(54)47-43(21-15-12-16-22-43)28-59(56,57)42(6,7)8/h1,10,13-14,17-18,31-33,35H,2,11-12,15-16,19-28H2,3-8H3,(H,44,52)(H,45,51)(H2,46,47,54)/t31-,32?,33?,35-/m1/s1. The average molecular weight is 839 g/mol. The summed E-state index contributed by atoms with van der Waals surface area (Å²) < 4.78 is 31.8. The molecule has 1 saturated carbocycles. The minimum atomic E-state index is -3.65. The number of urea groups is 1. The van der Waals surface area contributed by atoms with E-state index >= 15 is 0 Å². The lowest BCUT2D eigenvalue weighted by molar-refractivity contribution is -0.143. The van der Waals surface area contributed by atoms with Gasteiger partial charge in [0.15, 0.2) is 9.84 Å². The molecule has 3 aliphatic rings. The van der Waals surface area contributed by atoms with Gasteiger partial charge in [-0.15, -0.1) is 18.9 Å². The number of amides is 6. The van der Waals surface area contributed by atoms with Crippen LogP contribution in [0.25, 0.3) is 0 Å². The molecule has 0 radical (unpaired) electrons. The third kappa shape index (κ3) is 12.1. The van der Waals surface area contributed by atoms with Crippen molar-refractivity contribution in [3.05, 3.63) is 48.0 Å². The van der Waals surface area contributed by atoms with Gasteiger partial charge in [0.25, 0.3) is 5.91 Å². The number of carbonyl (C=O) groups excluding carboxylic acids is 6. The Hall–Kier alpha value is -4.91. The average Bonchev–Trinajstić information content (AvgIpc) is 3.59. The molecule has 59 heavy (non-hydrogen) atoms. The monoisotopic (exact) mass is 838 g/mol. The fraction of sp³-hybridized carbons (Fsp3) is 0.628. The lowest BCUT2D eigenvalue weighted by atomic mass is 9.83. The zero-order valence-electron chi connectivity index (χ0n) is 35.4. The summed E-state index contributed by atoms with van der Waals surface area (Å²) in [6.07, 6.45) is 9.01. The third-order valence-electron chi connectivity index (χ3n) is 11.3. The van der Waals surface area contributed by atoms with E-state index in [0.29, 0.717) is 32.4 Å². The van der Waals surface area contributed by atoms with E-state index in [1.54, 1.807) is 46.4 Å². The summed E-state index contributed by atoms with van der Waals surface area (Å²) in [6.45, 7) is 14.2. The summed E-state index contributed by atoms with van der Waals surface area (Å²) in [5.41, 5.74) is 0.131. The Morgan fingerprint density at radius 3 is 2.29 bits per heavy atom. The SMILES string of the molecule is C#CCCC(NC(=O)C1C[C@@H](OC(=O)N2CCc3ccccc3C2)CN1C(=O)[C@@H](NC(=O)NC1(CS(=O)(=O)C(C)(C)C)CCCCC1)C(C)(C)C)C(=O)C(=O)NCC=C. The number of benzene rings is 1. The van der Waals surface area contributed by atoms with Crippen molar-refractivity contribution in [3.8, 4) is 12.3 Å². The number of likely N-dealkylation sites (tertiary alicyclic amines) is 1. The number of ketones is 1. The molecular weight excluding hydrogens is 777 g/mol. The smallest absolute Gasteiger partial charge is 0.410 e. The highest BCUT2D eigenvalue weighted by Gasteiger charge is 2.48. The van der Waals surface area contributed by atoms with Crippen molar-refractivity contribution in [2.24, 2.45) is 5.41 Å². The number of nitrogens with one attached hydrogen (secondary N) is 4. The molecule has 1 saturated heterocycles. The second-order valence-electron chi connectivity index (χ2n) is 18.0. The van der Waals surface area contributed by atoms with E-state index in [0.717, 1.165) is 30.4 Å². The number of fused-ring (bicyclic) bond motifs is 1. The first kappa shape index (κ1) is 46.8. The van der Waals surface area contributed by atoms with Crippen molar-refractivity contribution >= 4 is 45.5 Å². The number of sulfone groups is 1. The first-order chi connectivity index (χ1) is 27.6. The molecule has 4 rings (SSSR count). The van der Waals surface area contributed by atoms with E-state index in [1.165, 1.54) is 11.0 Å². The molecule has 2 unspecified atom stereocenters. The molecule has 2 heterocycles. The number of carbonyl (C=O) groups is 6. The van der Waals surface area contributed by atoms with Gasteiger partial charge < -0.3 is 35.8 Å². The highest BCUT2D eigenvalue weighted by Crippen LogP contribution is 2.33. The van der Waals surface area contributed by atoms with Crippen LogP contribution in [0.2, 0.25) is 0 Å². The highest BCUT2D eigenvalue weighted by molar-refractivity contribution is 7.92. The van der Waals surface area contributed by atoms with Gasteiger partial charge in [-0.05, 0) is 63.0 Å². The zero-order chi connectivity index (χ0) is 43.8. The second-order valence-corrected chi connectivity index (χ2v) is 20.7. The van der Waals surface area contributed by atoms with E-state index in [4.69, 9.17) is 11.2 Å². The summed E-state index contributed by atoms with van der Waals surface area (Å²) in [5.74, 6) is -1.17. The van der Waals surface area contributed by atoms with E-state index in [2.05, 4.69) is 33.8 Å². The molecule has 4 N–H and O–H groups in total. The number of hydrogen-bond acceptors (Lipinski definition) is 9. The summed E-state index contributed by atoms with van der Waals surface area (Å²) >= 11 is 0. The van der Waals surface area contributed by atoms with Crippen molar-refractivity contribution in [3.63, 3.8) is 0 Å². The van der Waals surface area contributed by atoms with Crippen LogP contribution in [0.1, 0.15) is 104 Å². The normalized spacial score (nSPS) is 20.2. The lowest BCUT2D eigenvalue weighted by Gasteiger charge is -2.41. The molecule has 0 spiro atoms. The van der Waals surface area contributed by atoms with Crippen LogP contribution in [0.15, 0.2) is 36.9 Å². The number of terminal acetylenes is 1. The molecule has 4 atom stereocenters. The summed E-state index contributed by atoms with van der Waals surface area (Å²) in [4.78, 5) is 85.1. The van der Waals surface area contributed by atoms with Crippen molar-refractivity contribution in [1.82, 2.24) is 31.1 Å². The van der Waals surface area contributed by atoms with Crippen LogP contribution in [0.4, 0.5) is 9.59 Å². The van der Waals surface area contributed by atoms with E-state index in [9.17, 15) is 37.2 Å². The minimum absolute atomic E-state index is 0.0171. The number of nitrogens with zero attached hydrogens (tertiary/aromatic N) is 2. The van der Waals surface area contributed by atoms with E-state index in [1.807, 2.05) is 24.3 Å². The van der Waals surface area contributed by atoms with Gasteiger partial charge in [-0.1, -0.05) is 70.4 Å². The van der Waals surface area contributed by atoms with Gasteiger partial charge in [0.2, 0.25) is 17.6 Å². The maximum atomic E-state index is 14.8. The van der Waals surface area contributed by atoms with Gasteiger partial charge in [-0.2, -0.15) is 0 Å². The Kier molecular flexibility index (Phi) is 15.4. The van der Waals surface area contributed by atoms with Crippen LogP contribution in [-0.2, 0) is 46.7 Å². The van der Waals surface area contributed by atoms with Gasteiger partial charge >= 0.3 is 12.1 Å². The van der Waals surface area contributed by atoms with E-state index < -0.39 is 85.4 Å². The summed E-state index contributed by atoms with van der Waals surface area (Å²) in [7, 11) is -3.65. The molecule has 1 aliphatic carbocycles. The number of ether oxygens (including phenoxy) is 1. The zero-order valence-corrected chi connectivity index (χ0v) is 36.2. The van der Waals surface area contributed by atoms with Crippen molar-refractivity contribution in [1.29, 1.82) is 0 Å². The molecule has 15 nitrogen and oxygen atoms in total. The van der Waals surface area contributed by atoms with Gasteiger partial charge in [0.1, 0.15) is 18.2 Å². The Balaban J connectivity index is 1.61.